The minimum absolute atomic E-state index is 0.186. The van der Waals surface area contributed by atoms with Gasteiger partial charge in [0.2, 0.25) is 0 Å². The maximum atomic E-state index is 4.80. The van der Waals surface area contributed by atoms with Gasteiger partial charge in [-0.2, -0.15) is 0 Å². The van der Waals surface area contributed by atoms with E-state index in [0.29, 0.717) is 0 Å². The van der Waals surface area contributed by atoms with E-state index >= 15 is 0 Å². The lowest BCUT2D eigenvalue weighted by Crippen LogP contribution is -2.43. The molecule has 0 spiro atoms. The summed E-state index contributed by atoms with van der Waals surface area (Å²) >= 11 is 7.62. The van der Waals surface area contributed by atoms with Gasteiger partial charge in [-0.25, -0.2) is 0 Å². The highest BCUT2D eigenvalue weighted by molar-refractivity contribution is 9.12. The van der Waals surface area contributed by atoms with Crippen LogP contribution in [0.25, 0.3) is 16.6 Å². The molecule has 0 bridgehead atoms. The molecule has 0 radical (unpaired) electrons. The van der Waals surface area contributed by atoms with Crippen molar-refractivity contribution in [1.82, 2.24) is 4.98 Å². The van der Waals surface area contributed by atoms with Crippen molar-refractivity contribution in [2.45, 2.75) is 25.9 Å². The maximum Gasteiger partial charge on any atom is 0.112 e. The van der Waals surface area contributed by atoms with E-state index in [9.17, 15) is 0 Å². The molecule has 0 fully saturated rings. The Balaban J connectivity index is 1.60. The SMILES string of the molecule is Cc1ccc(N2C(c3ccc(Br)cc3)=C(Br)N3c4c(ccc5cccnc45)CCC23)cc1. The predicted molar refractivity (Wildman–Crippen MR) is 140 cm³/mol. The summed E-state index contributed by atoms with van der Waals surface area (Å²) in [5.41, 5.74) is 8.47. The van der Waals surface area contributed by atoms with Crippen LogP contribution in [0.15, 0.2) is 88.1 Å². The van der Waals surface area contributed by atoms with Gasteiger partial charge in [-0.1, -0.05) is 64.0 Å². The molecule has 0 amide bonds. The van der Waals surface area contributed by atoms with Gasteiger partial charge in [0.1, 0.15) is 10.8 Å². The number of fused-ring (bicyclic) bond motifs is 5. The first-order valence-corrected chi connectivity index (χ1v) is 12.4. The number of halogens is 2. The maximum absolute atomic E-state index is 4.80. The van der Waals surface area contributed by atoms with Gasteiger partial charge in [-0.3, -0.25) is 4.98 Å². The molecular formula is C27H21Br2N3. The number of nitrogens with zero attached hydrogens (tertiary/aromatic N) is 3. The van der Waals surface area contributed by atoms with E-state index in [4.69, 9.17) is 4.98 Å². The minimum atomic E-state index is 0.186. The first-order valence-electron chi connectivity index (χ1n) is 10.8. The predicted octanol–water partition coefficient (Wildman–Crippen LogP) is 7.63. The van der Waals surface area contributed by atoms with Gasteiger partial charge in [0.25, 0.3) is 0 Å². The first-order chi connectivity index (χ1) is 15.6. The standard InChI is InChI=1S/C27H21Br2N3/c1-17-4-13-22(14-5-17)31-23-15-10-19-7-6-18-3-2-16-30-24(18)25(19)32(23)27(29)26(31)20-8-11-21(28)12-9-20/h2-9,11-14,16,23H,10,15H2,1H3. The second kappa shape index (κ2) is 7.75. The lowest BCUT2D eigenvalue weighted by molar-refractivity contribution is 0.599. The fraction of sp³-hybridized carbons (Fsp3) is 0.148. The molecular weight excluding hydrogens is 526 g/mol. The van der Waals surface area contributed by atoms with Gasteiger partial charge in [0.15, 0.2) is 0 Å². The van der Waals surface area contributed by atoms with Crippen molar-refractivity contribution >= 4 is 59.8 Å². The van der Waals surface area contributed by atoms with Gasteiger partial charge in [0, 0.05) is 27.3 Å². The Labute approximate surface area is 204 Å². The Hall–Kier alpha value is -2.63. The van der Waals surface area contributed by atoms with Crippen molar-refractivity contribution in [3.8, 4) is 0 Å². The molecule has 1 aromatic heterocycles. The zero-order chi connectivity index (χ0) is 21.8. The Morgan fingerprint density at radius 1 is 0.875 bits per heavy atom. The monoisotopic (exact) mass is 545 g/mol. The lowest BCUT2D eigenvalue weighted by atomic mass is 9.97. The number of rotatable bonds is 2. The van der Waals surface area contributed by atoms with Crippen LogP contribution in [-0.4, -0.2) is 11.1 Å². The van der Waals surface area contributed by atoms with Gasteiger partial charge in [-0.05, 0) is 71.6 Å². The fourth-order valence-corrected chi connectivity index (χ4v) is 6.01. The number of aryl methyl sites for hydroxylation is 2. The number of aromatic nitrogens is 1. The second-order valence-corrected chi connectivity index (χ2v) is 10.1. The van der Waals surface area contributed by atoms with Crippen LogP contribution in [0.1, 0.15) is 23.1 Å². The molecule has 2 aliphatic heterocycles. The molecule has 3 nitrogen and oxygen atoms in total. The largest absolute Gasteiger partial charge is 0.317 e. The Morgan fingerprint density at radius 2 is 1.66 bits per heavy atom. The summed E-state index contributed by atoms with van der Waals surface area (Å²) in [5.74, 6) is 0. The molecule has 5 heteroatoms. The molecule has 158 valence electrons. The first kappa shape index (κ1) is 20.0. The summed E-state index contributed by atoms with van der Waals surface area (Å²) in [5, 5.41) is 1.17. The van der Waals surface area contributed by atoms with Crippen LogP contribution >= 0.6 is 31.9 Å². The van der Waals surface area contributed by atoms with E-state index in [1.807, 2.05) is 12.3 Å². The Bertz CT molecular complexity index is 1360. The average molecular weight is 547 g/mol. The third-order valence-electron chi connectivity index (χ3n) is 6.42. The summed E-state index contributed by atoms with van der Waals surface area (Å²) in [6, 6.07) is 26.1. The molecule has 0 aliphatic carbocycles. The Kier molecular flexibility index (Phi) is 4.85. The van der Waals surface area contributed by atoms with E-state index in [1.54, 1.807) is 0 Å². The highest BCUT2D eigenvalue weighted by Crippen LogP contribution is 2.50. The van der Waals surface area contributed by atoms with E-state index in [2.05, 4.69) is 115 Å². The topological polar surface area (TPSA) is 19.4 Å². The van der Waals surface area contributed by atoms with Crippen LogP contribution in [0, 0.1) is 6.92 Å². The summed E-state index contributed by atoms with van der Waals surface area (Å²) in [6.45, 7) is 2.14. The summed E-state index contributed by atoms with van der Waals surface area (Å²) in [4.78, 5) is 9.73. The number of anilines is 2. The molecule has 3 aromatic carbocycles. The van der Waals surface area contributed by atoms with Gasteiger partial charge < -0.3 is 9.80 Å². The average Bonchev–Trinajstić information content (AvgIpc) is 3.12. The van der Waals surface area contributed by atoms with Gasteiger partial charge >= 0.3 is 0 Å². The zero-order valence-electron chi connectivity index (χ0n) is 17.6. The van der Waals surface area contributed by atoms with Crippen LogP contribution in [0.5, 0.6) is 0 Å². The van der Waals surface area contributed by atoms with Crippen molar-refractivity contribution in [2.75, 3.05) is 9.80 Å². The van der Waals surface area contributed by atoms with E-state index in [-0.39, 0.29) is 6.17 Å². The third-order valence-corrected chi connectivity index (χ3v) is 7.70. The van der Waals surface area contributed by atoms with Crippen LogP contribution in [-0.2, 0) is 6.42 Å². The molecule has 0 saturated carbocycles. The van der Waals surface area contributed by atoms with Crippen molar-refractivity contribution in [3.63, 3.8) is 0 Å². The van der Waals surface area contributed by atoms with E-state index in [1.165, 1.54) is 39.1 Å². The summed E-state index contributed by atoms with van der Waals surface area (Å²) in [6.07, 6.45) is 4.15. The van der Waals surface area contributed by atoms with Crippen molar-refractivity contribution in [2.24, 2.45) is 0 Å². The number of hydrogen-bond donors (Lipinski definition) is 0. The van der Waals surface area contributed by atoms with Crippen molar-refractivity contribution < 1.29 is 0 Å². The van der Waals surface area contributed by atoms with Crippen LogP contribution in [0.3, 0.4) is 0 Å². The fourth-order valence-electron chi connectivity index (χ4n) is 4.91. The zero-order valence-corrected chi connectivity index (χ0v) is 20.8. The highest BCUT2D eigenvalue weighted by Gasteiger charge is 2.43. The normalized spacial score (nSPS) is 17.7. The molecule has 4 aromatic rings. The van der Waals surface area contributed by atoms with E-state index in [0.717, 1.165) is 27.4 Å². The molecule has 2 aliphatic rings. The van der Waals surface area contributed by atoms with Crippen molar-refractivity contribution in [1.29, 1.82) is 0 Å². The smallest absolute Gasteiger partial charge is 0.112 e. The lowest BCUT2D eigenvalue weighted by Gasteiger charge is -2.39. The second-order valence-electron chi connectivity index (χ2n) is 8.39. The van der Waals surface area contributed by atoms with Crippen LogP contribution < -0.4 is 9.80 Å². The van der Waals surface area contributed by atoms with Crippen molar-refractivity contribution in [3.05, 3.63) is 105 Å². The van der Waals surface area contributed by atoms with Crippen LogP contribution in [0.4, 0.5) is 11.4 Å². The molecule has 6 rings (SSSR count). The minimum Gasteiger partial charge on any atom is -0.317 e. The molecule has 1 unspecified atom stereocenters. The molecule has 0 N–H and O–H groups in total. The number of hydrogen-bond acceptors (Lipinski definition) is 3. The molecule has 32 heavy (non-hydrogen) atoms. The summed E-state index contributed by atoms with van der Waals surface area (Å²) < 4.78 is 2.17. The molecule has 3 heterocycles. The Morgan fingerprint density at radius 3 is 2.44 bits per heavy atom. The summed E-state index contributed by atoms with van der Waals surface area (Å²) in [7, 11) is 0. The van der Waals surface area contributed by atoms with Gasteiger partial charge in [-0.15, -0.1) is 0 Å². The highest BCUT2D eigenvalue weighted by atomic mass is 79.9. The quantitative estimate of drug-likeness (QED) is 0.241. The number of benzene rings is 3. The van der Waals surface area contributed by atoms with Crippen LogP contribution in [0.2, 0.25) is 0 Å². The number of pyridine rings is 1. The third kappa shape index (κ3) is 3.10. The van der Waals surface area contributed by atoms with Gasteiger partial charge in [0.05, 0.1) is 16.9 Å². The molecule has 1 atom stereocenters. The van der Waals surface area contributed by atoms with E-state index < -0.39 is 0 Å². The molecule has 0 saturated heterocycles.